The first kappa shape index (κ1) is 96.6. The summed E-state index contributed by atoms with van der Waals surface area (Å²) >= 11 is 0. The smallest absolute Gasteiger partial charge is 0.312 e. The number of hydrogen-bond acceptors (Lipinski definition) is 28. The van der Waals surface area contributed by atoms with Gasteiger partial charge < -0.3 is 72.1 Å². The molecule has 123 heavy (non-hydrogen) atoms. The molecule has 14 N–H and O–H groups in total. The topological polar surface area (TPSA) is 465 Å². The quantitative estimate of drug-likeness (QED) is 0.0264. The minimum atomic E-state index is -0.770. The molecular formula is C84H129F4N35. The molecule has 0 saturated heterocycles. The zero-order valence-electron chi connectivity index (χ0n) is 77.0. The highest BCUT2D eigenvalue weighted by Gasteiger charge is 2.33. The fourth-order valence-corrected chi connectivity index (χ4v) is 13.5. The van der Waals surface area contributed by atoms with Gasteiger partial charge in [0.05, 0.1) is 44.3 Å². The van der Waals surface area contributed by atoms with Crippen molar-refractivity contribution in [3.63, 3.8) is 0 Å². The minimum absolute atomic E-state index is 0.0297. The van der Waals surface area contributed by atoms with Crippen molar-refractivity contribution in [1.29, 1.82) is 0 Å². The molecule has 0 aliphatic heterocycles. The molecule has 0 aliphatic rings. The molecule has 35 nitrogen and oxygen atoms in total. The van der Waals surface area contributed by atoms with Crippen molar-refractivity contribution in [2.75, 3.05) is 37.2 Å². The molecule has 0 aromatic carbocycles. The van der Waals surface area contributed by atoms with E-state index in [4.69, 9.17) is 0 Å². The summed E-state index contributed by atoms with van der Waals surface area (Å²) in [5.74, 6) is 5.22. The first-order chi connectivity index (χ1) is 57.4. The molecule has 14 aromatic rings. The molecule has 668 valence electrons. The van der Waals surface area contributed by atoms with Crippen LogP contribution in [-0.4, -0.2) is 182 Å². The lowest BCUT2D eigenvalue weighted by Gasteiger charge is -2.35. The summed E-state index contributed by atoms with van der Waals surface area (Å²) in [6, 6.07) is 1.70. The predicted octanol–water partition coefficient (Wildman–Crippen LogP) is 18.4. The van der Waals surface area contributed by atoms with Crippen LogP contribution in [0.15, 0.2) is 63.3 Å². The van der Waals surface area contributed by atoms with E-state index < -0.39 is 24.3 Å². The Morgan fingerprint density at radius 2 is 0.447 bits per heavy atom. The third-order valence-corrected chi connectivity index (χ3v) is 21.1. The highest BCUT2D eigenvalue weighted by molar-refractivity contribution is 5.86. The van der Waals surface area contributed by atoms with E-state index in [1.807, 2.05) is 6.92 Å². The molecule has 0 bridgehead atoms. The Morgan fingerprint density at radius 1 is 0.244 bits per heavy atom. The van der Waals surface area contributed by atoms with Crippen LogP contribution in [0.5, 0.6) is 0 Å². The van der Waals surface area contributed by atoms with Crippen LogP contribution >= 0.6 is 0 Å². The second kappa shape index (κ2) is 40.4. The average molecular weight is 1710 g/mol. The Balaban J connectivity index is 0.000000178. The number of aromatic amines is 7. The van der Waals surface area contributed by atoms with E-state index in [-0.39, 0.29) is 62.1 Å². The van der Waals surface area contributed by atoms with Gasteiger partial charge in [0.25, 0.3) is 0 Å². The lowest BCUT2D eigenvalue weighted by molar-refractivity contribution is 0.280. The number of aromatic nitrogens is 28. The number of nitrogens with one attached hydrogen (secondary N) is 14. The molecule has 14 rings (SSSR count). The van der Waals surface area contributed by atoms with Crippen molar-refractivity contribution in [3.8, 4) is 0 Å². The normalized spacial score (nSPS) is 14.0. The highest BCUT2D eigenvalue weighted by Crippen LogP contribution is 2.35. The van der Waals surface area contributed by atoms with Crippen LogP contribution in [0.2, 0.25) is 0 Å². The van der Waals surface area contributed by atoms with Gasteiger partial charge in [0, 0.05) is 42.3 Å². The fraction of sp³-hybridized carbons (Fsp3) is 0.583. The molecule has 7 atom stereocenters. The Bertz CT molecular complexity index is 5510. The molecule has 0 aliphatic carbocycles. The molecule has 0 saturated carbocycles. The third-order valence-electron chi connectivity index (χ3n) is 21.1. The third kappa shape index (κ3) is 26.6. The first-order valence-corrected chi connectivity index (χ1v) is 41.6. The van der Waals surface area contributed by atoms with E-state index in [1.54, 1.807) is 31.6 Å². The molecule has 0 radical (unpaired) electrons. The van der Waals surface area contributed by atoms with Gasteiger partial charge in [-0.15, -0.1) is 0 Å². The van der Waals surface area contributed by atoms with Crippen molar-refractivity contribution in [3.05, 3.63) is 87.6 Å². The second-order valence-electron chi connectivity index (χ2n) is 38.6. The van der Waals surface area contributed by atoms with E-state index in [0.29, 0.717) is 115 Å². The van der Waals surface area contributed by atoms with Gasteiger partial charge in [-0.25, -0.2) is 64.8 Å². The number of anilines is 7. The zero-order chi connectivity index (χ0) is 91.1. The van der Waals surface area contributed by atoms with Crippen LogP contribution in [0, 0.1) is 74.1 Å². The molecule has 39 heteroatoms. The van der Waals surface area contributed by atoms with Gasteiger partial charge in [0.2, 0.25) is 0 Å². The van der Waals surface area contributed by atoms with E-state index in [9.17, 15) is 17.6 Å². The average Bonchev–Trinajstić information content (AvgIpc) is 1.77. The van der Waals surface area contributed by atoms with E-state index in [2.05, 4.69) is 378 Å². The van der Waals surface area contributed by atoms with Crippen molar-refractivity contribution in [2.24, 2.45) is 49.7 Å². The summed E-state index contributed by atoms with van der Waals surface area (Å²) < 4.78 is 53.2. The zero-order valence-corrected chi connectivity index (χ0v) is 77.0. The Hall–Kier alpha value is -11.8. The number of hydrogen-bond donors (Lipinski definition) is 14. The lowest BCUT2D eigenvalue weighted by atomic mass is 9.80. The fourth-order valence-electron chi connectivity index (χ4n) is 13.5. The standard InChI is InChI=1S/C13H20FN5.C13H21N5.2C12H18FN5.C12H19N5.C11H16FN5.C11H17N5/c1-7(2)9(13(3,4)5)17-11-8-10(16-6-15-8)18-12(14)19-11;1-8(2)10(13(3,4)5)18-12-9-11(15-6-14-9)16-7-17-12;2*1-5-7(12(2,3)4)16-10-8-9(15-6-14-8)17-11(13)18-10;1-5-8(12(2,3)4)17-11-9-10(14-6-13-9)15-7-16-11;1-6(11(2,3)4)15-9-7-8(14-5-13-7)16-10(12)17-9;1-7(11(2,3)4)16-10-8-9(13-5-12-8)14-6-15-10/h6-7,9H,1-5H3,(H2,15,16,17,18,19);6-8,10H,1-5H3,(H2,14,15,16,17,18);2*6-7H,5H2,1-4H3,(H2,14,15,16,17,18);6-8H,5H2,1-4H3,(H2,13,14,15,16,17);5-6H,1-4H3,(H2,13,14,15,16,17);5-7H,1-4H3,(H2,12,13,14,15,16)/t;10-;;;8-;;7-/m.0..0.0/s1. The minimum Gasteiger partial charge on any atom is -0.365 e. The summed E-state index contributed by atoms with van der Waals surface area (Å²) in [4.78, 5) is 104. The van der Waals surface area contributed by atoms with Gasteiger partial charge in [-0.1, -0.05) is 194 Å². The number of H-pyrrole nitrogens is 7. The molecular weight excluding hydrogens is 1580 g/mol. The Labute approximate surface area is 716 Å². The van der Waals surface area contributed by atoms with Crippen molar-refractivity contribution in [2.45, 2.75) is 269 Å². The number of nitrogens with zero attached hydrogens (tertiary/aromatic N) is 21. The summed E-state index contributed by atoms with van der Waals surface area (Å²) in [5, 5.41) is 23.5. The summed E-state index contributed by atoms with van der Waals surface area (Å²) in [5.41, 5.74) is 9.30. The maximum Gasteiger partial charge on any atom is 0.312 e. The number of imidazole rings is 7. The summed E-state index contributed by atoms with van der Waals surface area (Å²) in [7, 11) is 0. The molecule has 0 amide bonds. The largest absolute Gasteiger partial charge is 0.365 e. The Kier molecular flexibility index (Phi) is 31.8. The number of rotatable bonds is 19. The monoisotopic (exact) mass is 1700 g/mol. The van der Waals surface area contributed by atoms with E-state index >= 15 is 0 Å². The van der Waals surface area contributed by atoms with Crippen LogP contribution in [0.25, 0.3) is 78.1 Å². The molecule has 0 fully saturated rings. The van der Waals surface area contributed by atoms with Crippen molar-refractivity contribution in [1.82, 2.24) is 140 Å². The van der Waals surface area contributed by atoms with Gasteiger partial charge in [-0.3, -0.25) is 0 Å². The van der Waals surface area contributed by atoms with Gasteiger partial charge in [0.15, 0.2) is 80.3 Å². The molecule has 14 aromatic heterocycles. The summed E-state index contributed by atoms with van der Waals surface area (Å²) in [6.07, 6.45) is 15.3. The van der Waals surface area contributed by atoms with Gasteiger partial charge in [0.1, 0.15) is 57.6 Å². The highest BCUT2D eigenvalue weighted by atomic mass is 19.1. The van der Waals surface area contributed by atoms with Crippen molar-refractivity contribution < 1.29 is 17.6 Å². The SMILES string of the molecule is CC(C)C(Nc1nc(F)nc2nc[nH]c12)C(C)(C)C.CC(C)[C@H](Nc1ncnc2nc[nH]c12)C(C)(C)C.CC(Nc1nc(F)nc2nc[nH]c12)C(C)(C)C.CCC(Nc1nc(F)nc2nc[nH]c12)C(C)(C)C.CCC(Nc1nc(F)nc2nc[nH]c12)C(C)(C)C.CC[C@H](Nc1ncnc2nc[nH]c12)C(C)(C)C.C[C@H](Nc1ncnc2nc[nH]c12)C(C)(C)C. The first-order valence-electron chi connectivity index (χ1n) is 41.6. The molecule has 14 heterocycles. The van der Waals surface area contributed by atoms with Crippen molar-refractivity contribution >= 4 is 119 Å². The molecule has 0 spiro atoms. The molecule has 4 unspecified atom stereocenters. The lowest BCUT2D eigenvalue weighted by Crippen LogP contribution is -2.38. The van der Waals surface area contributed by atoms with Crippen LogP contribution in [0.4, 0.5) is 58.3 Å². The van der Waals surface area contributed by atoms with Crippen LogP contribution in [0.3, 0.4) is 0 Å². The number of fused-ring (bicyclic) bond motifs is 7. The van der Waals surface area contributed by atoms with E-state index in [1.165, 1.54) is 31.6 Å². The van der Waals surface area contributed by atoms with Crippen LogP contribution in [-0.2, 0) is 0 Å². The predicted molar refractivity (Wildman–Crippen MR) is 482 cm³/mol. The maximum absolute atomic E-state index is 13.4. The van der Waals surface area contributed by atoms with Crippen LogP contribution in [0.1, 0.15) is 227 Å². The second-order valence-corrected chi connectivity index (χ2v) is 38.6. The van der Waals surface area contributed by atoms with Crippen LogP contribution < -0.4 is 37.2 Å². The summed E-state index contributed by atoms with van der Waals surface area (Å²) in [6.45, 7) is 64.7. The Morgan fingerprint density at radius 3 is 0.683 bits per heavy atom. The maximum atomic E-state index is 13.4. The van der Waals surface area contributed by atoms with Gasteiger partial charge in [-0.05, 0) is 82.9 Å². The number of halogens is 4. The van der Waals surface area contributed by atoms with Gasteiger partial charge >= 0.3 is 24.3 Å². The van der Waals surface area contributed by atoms with E-state index in [0.717, 1.165) is 53.3 Å². The van der Waals surface area contributed by atoms with Gasteiger partial charge in [-0.2, -0.15) is 57.4 Å².